The van der Waals surface area contributed by atoms with Crippen LogP contribution < -0.4 is 4.74 Å². The maximum atomic E-state index is 10.6. The first-order chi connectivity index (χ1) is 7.31. The number of carbonyl (C=O) groups excluding carboxylic acids is 1. The van der Waals surface area contributed by atoms with Crippen LogP contribution in [0, 0.1) is 0 Å². The molecule has 0 amide bonds. The van der Waals surface area contributed by atoms with Crippen molar-refractivity contribution in [2.45, 2.75) is 31.8 Å². The molecule has 80 valence electrons. The van der Waals surface area contributed by atoms with Crippen molar-refractivity contribution < 1.29 is 9.53 Å². The lowest BCUT2D eigenvalue weighted by atomic mass is 10.3. The lowest BCUT2D eigenvalue weighted by Crippen LogP contribution is -2.12. The Labute approximate surface area is 93.4 Å². The third kappa shape index (κ3) is 2.29. The number of ether oxygens (including phenoxy) is 1. The molecule has 4 heteroatoms. The summed E-state index contributed by atoms with van der Waals surface area (Å²) in [5, 5.41) is 0.319. The monoisotopic (exact) mass is 225 g/mol. The third-order valence-electron chi connectivity index (χ3n) is 2.59. The molecule has 0 radical (unpaired) electrons. The average Bonchev–Trinajstić information content (AvgIpc) is 2.74. The summed E-state index contributed by atoms with van der Waals surface area (Å²) in [6, 6.07) is 1.58. The van der Waals surface area contributed by atoms with E-state index < -0.39 is 0 Å². The largest absolute Gasteiger partial charge is 0.473 e. The van der Waals surface area contributed by atoms with Gasteiger partial charge in [0.05, 0.1) is 0 Å². The number of nitrogens with zero attached hydrogens (tertiary/aromatic N) is 1. The minimum atomic E-state index is 0.205. The zero-order valence-electron chi connectivity index (χ0n) is 8.28. The predicted molar refractivity (Wildman–Crippen MR) is 57.5 cm³/mol. The molecule has 1 heterocycles. The molecule has 15 heavy (non-hydrogen) atoms. The Kier molecular flexibility index (Phi) is 3.21. The molecule has 3 nitrogen and oxygen atoms in total. The van der Waals surface area contributed by atoms with Gasteiger partial charge in [-0.25, -0.2) is 4.98 Å². The Balaban J connectivity index is 2.16. The van der Waals surface area contributed by atoms with Crippen molar-refractivity contribution >= 4 is 17.9 Å². The highest BCUT2D eigenvalue weighted by atomic mass is 35.5. The Morgan fingerprint density at radius 1 is 1.47 bits per heavy atom. The minimum Gasteiger partial charge on any atom is -0.473 e. The van der Waals surface area contributed by atoms with Gasteiger partial charge in [-0.1, -0.05) is 11.6 Å². The molecular weight excluding hydrogens is 214 g/mol. The first-order valence-corrected chi connectivity index (χ1v) is 5.45. The molecule has 0 spiro atoms. The van der Waals surface area contributed by atoms with Gasteiger partial charge in [0, 0.05) is 11.8 Å². The van der Waals surface area contributed by atoms with Gasteiger partial charge in [-0.05, 0) is 31.7 Å². The molecule has 2 rings (SSSR count). The van der Waals surface area contributed by atoms with Crippen molar-refractivity contribution in [1.82, 2.24) is 4.98 Å². The maximum absolute atomic E-state index is 10.6. The van der Waals surface area contributed by atoms with Crippen LogP contribution in [0.2, 0.25) is 5.02 Å². The topological polar surface area (TPSA) is 39.2 Å². The lowest BCUT2D eigenvalue weighted by molar-refractivity contribution is 0.112. The highest BCUT2D eigenvalue weighted by Crippen LogP contribution is 2.29. The summed E-state index contributed by atoms with van der Waals surface area (Å²) in [6.45, 7) is 0. The number of rotatable bonds is 3. The van der Waals surface area contributed by atoms with Crippen molar-refractivity contribution in [1.29, 1.82) is 0 Å². The van der Waals surface area contributed by atoms with Crippen molar-refractivity contribution in [2.75, 3.05) is 0 Å². The van der Waals surface area contributed by atoms with Crippen molar-refractivity contribution in [2.24, 2.45) is 0 Å². The van der Waals surface area contributed by atoms with Crippen molar-refractivity contribution in [3.05, 3.63) is 22.8 Å². The Morgan fingerprint density at radius 3 is 2.87 bits per heavy atom. The maximum Gasteiger partial charge on any atom is 0.233 e. The van der Waals surface area contributed by atoms with Crippen LogP contribution >= 0.6 is 11.6 Å². The van der Waals surface area contributed by atoms with Crippen LogP contribution in [0.5, 0.6) is 5.88 Å². The summed E-state index contributed by atoms with van der Waals surface area (Å²) < 4.78 is 5.65. The van der Waals surface area contributed by atoms with E-state index in [1.54, 1.807) is 12.3 Å². The van der Waals surface area contributed by atoms with Crippen LogP contribution in [0.15, 0.2) is 12.3 Å². The van der Waals surface area contributed by atoms with Crippen LogP contribution in [-0.4, -0.2) is 17.4 Å². The zero-order chi connectivity index (χ0) is 10.7. The van der Waals surface area contributed by atoms with E-state index in [1.807, 2.05) is 0 Å². The Morgan fingerprint density at radius 2 is 2.20 bits per heavy atom. The highest BCUT2D eigenvalue weighted by molar-refractivity contribution is 6.34. The minimum absolute atomic E-state index is 0.205. The van der Waals surface area contributed by atoms with Crippen LogP contribution in [0.3, 0.4) is 0 Å². The molecule has 1 aromatic heterocycles. The fraction of sp³-hybridized carbons (Fsp3) is 0.455. The number of hydrogen-bond donors (Lipinski definition) is 0. The molecule has 1 saturated carbocycles. The van der Waals surface area contributed by atoms with Crippen molar-refractivity contribution in [3.8, 4) is 5.88 Å². The molecule has 0 aromatic carbocycles. The lowest BCUT2D eigenvalue weighted by Gasteiger charge is -2.13. The summed E-state index contributed by atoms with van der Waals surface area (Å²) in [6.07, 6.45) is 6.93. The molecule has 1 fully saturated rings. The van der Waals surface area contributed by atoms with E-state index >= 15 is 0 Å². The van der Waals surface area contributed by atoms with E-state index in [9.17, 15) is 4.79 Å². The zero-order valence-corrected chi connectivity index (χ0v) is 9.04. The first-order valence-electron chi connectivity index (χ1n) is 5.07. The first kappa shape index (κ1) is 10.4. The highest BCUT2D eigenvalue weighted by Gasteiger charge is 2.19. The van der Waals surface area contributed by atoms with Gasteiger partial charge >= 0.3 is 0 Å². The number of pyridine rings is 1. The van der Waals surface area contributed by atoms with Gasteiger partial charge in [0.2, 0.25) is 5.88 Å². The summed E-state index contributed by atoms with van der Waals surface area (Å²) >= 11 is 5.97. The molecule has 0 N–H and O–H groups in total. The van der Waals surface area contributed by atoms with Gasteiger partial charge in [0.15, 0.2) is 6.29 Å². The number of carbonyl (C=O) groups is 1. The van der Waals surface area contributed by atoms with E-state index in [-0.39, 0.29) is 6.10 Å². The fourth-order valence-electron chi connectivity index (χ4n) is 1.78. The van der Waals surface area contributed by atoms with Gasteiger partial charge in [-0.2, -0.15) is 0 Å². The van der Waals surface area contributed by atoms with E-state index in [4.69, 9.17) is 16.3 Å². The summed E-state index contributed by atoms with van der Waals surface area (Å²) in [7, 11) is 0. The van der Waals surface area contributed by atoms with Gasteiger partial charge in [-0.15, -0.1) is 0 Å². The smallest absolute Gasteiger partial charge is 0.233 e. The second kappa shape index (κ2) is 4.62. The van der Waals surface area contributed by atoms with Gasteiger partial charge in [0.1, 0.15) is 11.1 Å². The summed E-state index contributed by atoms with van der Waals surface area (Å²) in [5.41, 5.74) is 0.430. The van der Waals surface area contributed by atoms with Crippen LogP contribution in [0.4, 0.5) is 0 Å². The normalized spacial score (nSPS) is 16.6. The number of aromatic nitrogens is 1. The van der Waals surface area contributed by atoms with Crippen LogP contribution in [0.1, 0.15) is 36.0 Å². The second-order valence-corrected chi connectivity index (χ2v) is 4.04. The molecule has 1 aliphatic carbocycles. The van der Waals surface area contributed by atoms with Crippen LogP contribution in [-0.2, 0) is 0 Å². The Hall–Kier alpha value is -1.09. The molecule has 0 unspecified atom stereocenters. The SMILES string of the molecule is O=Cc1ccnc(OC2CCCC2)c1Cl. The van der Waals surface area contributed by atoms with Gasteiger partial charge in [0.25, 0.3) is 0 Å². The Bertz CT molecular complexity index is 362. The molecule has 0 saturated heterocycles. The molecule has 1 aliphatic rings. The molecule has 0 bridgehead atoms. The third-order valence-corrected chi connectivity index (χ3v) is 2.97. The quantitative estimate of drug-likeness (QED) is 0.743. The number of hydrogen-bond acceptors (Lipinski definition) is 3. The van der Waals surface area contributed by atoms with Crippen molar-refractivity contribution in [3.63, 3.8) is 0 Å². The molecule has 1 aromatic rings. The van der Waals surface area contributed by atoms with Gasteiger partial charge < -0.3 is 4.74 Å². The van der Waals surface area contributed by atoms with Crippen LogP contribution in [0.25, 0.3) is 0 Å². The van der Waals surface area contributed by atoms with E-state index in [0.29, 0.717) is 22.8 Å². The second-order valence-electron chi connectivity index (χ2n) is 3.66. The van der Waals surface area contributed by atoms with Gasteiger partial charge in [-0.3, -0.25) is 4.79 Å². The predicted octanol–water partition coefficient (Wildman–Crippen LogP) is 2.87. The summed E-state index contributed by atoms with van der Waals surface area (Å²) in [5.74, 6) is 0.383. The van der Waals surface area contributed by atoms with E-state index in [1.165, 1.54) is 12.8 Å². The number of halogens is 1. The molecule has 0 atom stereocenters. The summed E-state index contributed by atoms with van der Waals surface area (Å²) in [4.78, 5) is 14.7. The molecular formula is C11H12ClNO2. The molecule has 0 aliphatic heterocycles. The number of aldehydes is 1. The fourth-order valence-corrected chi connectivity index (χ4v) is 1.98. The van der Waals surface area contributed by atoms with E-state index in [2.05, 4.69) is 4.98 Å². The average molecular weight is 226 g/mol. The van der Waals surface area contributed by atoms with E-state index in [0.717, 1.165) is 12.8 Å². The standard InChI is InChI=1S/C11H12ClNO2/c12-10-8(7-14)5-6-13-11(10)15-9-3-1-2-4-9/h5-7,9H,1-4H2.